The molecule has 0 aromatic carbocycles. The number of carboxylic acid groups (broad SMARTS) is 1. The van der Waals surface area contributed by atoms with Crippen molar-refractivity contribution in [3.05, 3.63) is 28.0 Å². The third kappa shape index (κ3) is 4.44. The number of rotatable bonds is 2. The first-order valence-corrected chi connectivity index (χ1v) is 7.23. The van der Waals surface area contributed by atoms with Crippen molar-refractivity contribution in [1.82, 2.24) is 4.98 Å². The van der Waals surface area contributed by atoms with Gasteiger partial charge in [-0.05, 0) is 24.0 Å². The Labute approximate surface area is 103 Å². The fourth-order valence-electron chi connectivity index (χ4n) is 1.17. The second kappa shape index (κ2) is 5.09. The van der Waals surface area contributed by atoms with E-state index in [1.165, 1.54) is 18.4 Å². The Kier molecular flexibility index (Phi) is 4.26. The summed E-state index contributed by atoms with van der Waals surface area (Å²) in [5, 5.41) is 8.86. The molecular weight excluding hydrogens is 275 g/mol. The van der Waals surface area contributed by atoms with Crippen LogP contribution in [-0.4, -0.2) is 27.0 Å². The molecule has 8 heteroatoms. The summed E-state index contributed by atoms with van der Waals surface area (Å²) in [4.78, 5) is 14.1. The van der Waals surface area contributed by atoms with Crippen molar-refractivity contribution in [3.63, 3.8) is 0 Å². The van der Waals surface area contributed by atoms with Gasteiger partial charge >= 0.3 is 6.09 Å². The van der Waals surface area contributed by atoms with Gasteiger partial charge in [-0.2, -0.15) is 4.36 Å². The van der Waals surface area contributed by atoms with Crippen LogP contribution in [0, 0.1) is 0 Å². The van der Waals surface area contributed by atoms with Crippen molar-refractivity contribution in [3.8, 4) is 0 Å². The zero-order valence-corrected chi connectivity index (χ0v) is 10.7. The quantitative estimate of drug-likeness (QED) is 0.576. The van der Waals surface area contributed by atoms with Crippen molar-refractivity contribution in [2.45, 2.75) is 5.75 Å². The number of aromatic nitrogens is 1. The first-order chi connectivity index (χ1) is 7.28. The Balaban J connectivity index is 3.00. The van der Waals surface area contributed by atoms with Crippen LogP contribution in [0.3, 0.4) is 0 Å². The first kappa shape index (κ1) is 13.4. The van der Waals surface area contributed by atoms with Gasteiger partial charge in [0.25, 0.3) is 0 Å². The molecule has 0 saturated carbocycles. The average molecular weight is 285 g/mol. The molecule has 2 N–H and O–H groups in total. The second-order valence-electron chi connectivity index (χ2n) is 3.25. The predicted octanol–water partition coefficient (Wildman–Crippen LogP) is 2.74. The summed E-state index contributed by atoms with van der Waals surface area (Å²) in [5.74, 6) is 0.0985. The molecule has 0 radical (unpaired) electrons. The maximum absolute atomic E-state index is 10.4. The highest BCUT2D eigenvalue weighted by Crippen LogP contribution is 2.18. The van der Waals surface area contributed by atoms with E-state index in [9.17, 15) is 9.35 Å². The van der Waals surface area contributed by atoms with Gasteiger partial charge in [0.15, 0.2) is 0 Å². The Morgan fingerprint density at radius 2 is 2.00 bits per heavy atom. The molecule has 0 aliphatic rings. The van der Waals surface area contributed by atoms with Crippen LogP contribution in [0.2, 0.25) is 10.3 Å². The van der Waals surface area contributed by atoms with Crippen LogP contribution in [0.25, 0.3) is 0 Å². The minimum atomic E-state index is -2.88. The molecule has 0 spiro atoms. The van der Waals surface area contributed by atoms with Crippen LogP contribution in [0.15, 0.2) is 16.5 Å². The first-order valence-electron chi connectivity index (χ1n) is 4.15. The number of pyridine rings is 1. The van der Waals surface area contributed by atoms with Crippen LogP contribution in [-0.2, 0) is 15.9 Å². The maximum atomic E-state index is 10.4. The molecule has 1 rings (SSSR count). The van der Waals surface area contributed by atoms with Gasteiger partial charge in [-0.25, -0.2) is 9.78 Å². The fourth-order valence-corrected chi connectivity index (χ4v) is 2.99. The number of thiol groups is 1. The molecule has 0 unspecified atom stereocenters. The SMILES string of the molecule is C[SH](O)(Cc1cc(Cl)nc(Cl)c1)=NC(=O)O. The topological polar surface area (TPSA) is 82.8 Å². The zero-order valence-electron chi connectivity index (χ0n) is 8.26. The van der Waals surface area contributed by atoms with Gasteiger partial charge in [-0.3, -0.25) is 0 Å². The monoisotopic (exact) mass is 284 g/mol. The normalized spacial score (nSPS) is 12.2. The standard InChI is InChI=1S/C8H10Cl2N2O3S/c1-16(15,12-8(13)14)4-5-2-6(9)11-7(10)3-5/h2-3,16H,4H2,1H3,(H,12,15)(H,13,14). The van der Waals surface area contributed by atoms with Gasteiger partial charge in [0.1, 0.15) is 10.3 Å². The molecular formula is C8H10Cl2N2O3S. The van der Waals surface area contributed by atoms with Gasteiger partial charge < -0.3 is 9.66 Å². The Bertz CT molecular complexity index is 452. The molecule has 1 aromatic rings. The summed E-state index contributed by atoms with van der Waals surface area (Å²) in [6.45, 7) is 0. The number of amides is 1. The number of nitrogens with zero attached hydrogens (tertiary/aromatic N) is 2. The summed E-state index contributed by atoms with van der Waals surface area (Å²) in [6, 6.07) is 3.03. The number of halogens is 2. The Hall–Kier alpha value is -0.690. The van der Waals surface area contributed by atoms with Crippen molar-refractivity contribution < 1.29 is 14.5 Å². The molecule has 1 aromatic heterocycles. The summed E-state index contributed by atoms with van der Waals surface area (Å²) >= 11 is 11.3. The molecule has 0 aliphatic carbocycles. The third-order valence-corrected chi connectivity index (χ3v) is 3.56. The van der Waals surface area contributed by atoms with E-state index in [2.05, 4.69) is 9.35 Å². The van der Waals surface area contributed by atoms with E-state index in [4.69, 9.17) is 28.3 Å². The van der Waals surface area contributed by atoms with Gasteiger partial charge in [-0.15, -0.1) is 0 Å². The summed E-state index contributed by atoms with van der Waals surface area (Å²) in [7, 11) is -2.88. The van der Waals surface area contributed by atoms with E-state index in [0.717, 1.165) is 0 Å². The Morgan fingerprint density at radius 3 is 2.44 bits per heavy atom. The molecule has 90 valence electrons. The van der Waals surface area contributed by atoms with Gasteiger partial charge in [-0.1, -0.05) is 33.3 Å². The van der Waals surface area contributed by atoms with E-state index in [1.54, 1.807) is 0 Å². The molecule has 0 bridgehead atoms. The minimum absolute atomic E-state index is 0.0985. The van der Waals surface area contributed by atoms with Crippen LogP contribution in [0.5, 0.6) is 0 Å². The number of carbonyl (C=O) groups is 1. The lowest BCUT2D eigenvalue weighted by Gasteiger charge is -2.16. The number of hydrogen-bond acceptors (Lipinski definition) is 2. The average Bonchev–Trinajstić information content (AvgIpc) is 1.95. The zero-order chi connectivity index (χ0) is 12.3. The molecule has 0 fully saturated rings. The molecule has 5 nitrogen and oxygen atoms in total. The molecule has 1 amide bonds. The number of hydrogen-bond donors (Lipinski definition) is 3. The van der Waals surface area contributed by atoms with Gasteiger partial charge in [0.2, 0.25) is 0 Å². The van der Waals surface area contributed by atoms with E-state index >= 15 is 0 Å². The maximum Gasteiger partial charge on any atom is 0.437 e. The highest BCUT2D eigenvalue weighted by Gasteiger charge is 2.08. The summed E-state index contributed by atoms with van der Waals surface area (Å²) < 4.78 is 13.0. The molecule has 0 saturated heterocycles. The lowest BCUT2D eigenvalue weighted by atomic mass is 10.3. The fraction of sp³-hybridized carbons (Fsp3) is 0.250. The predicted molar refractivity (Wildman–Crippen MR) is 65.7 cm³/mol. The Morgan fingerprint density at radius 1 is 1.50 bits per heavy atom. The lowest BCUT2D eigenvalue weighted by Crippen LogP contribution is -2.13. The van der Waals surface area contributed by atoms with E-state index in [0.29, 0.717) is 5.56 Å². The molecule has 0 aliphatic heterocycles. The largest absolute Gasteiger partial charge is 0.463 e. The third-order valence-electron chi connectivity index (χ3n) is 1.61. The lowest BCUT2D eigenvalue weighted by molar-refractivity contribution is 0.206. The van der Waals surface area contributed by atoms with Crippen molar-refractivity contribution in [1.29, 1.82) is 0 Å². The molecule has 16 heavy (non-hydrogen) atoms. The van der Waals surface area contributed by atoms with Crippen molar-refractivity contribution >= 4 is 39.4 Å². The summed E-state index contributed by atoms with van der Waals surface area (Å²) in [6.07, 6.45) is 0.00758. The van der Waals surface area contributed by atoms with Gasteiger partial charge in [0.05, 0.1) is 0 Å². The van der Waals surface area contributed by atoms with Crippen LogP contribution < -0.4 is 0 Å². The highest BCUT2D eigenvalue weighted by atomic mass is 35.5. The molecule has 1 heterocycles. The van der Waals surface area contributed by atoms with Crippen molar-refractivity contribution in [2.75, 3.05) is 6.26 Å². The van der Waals surface area contributed by atoms with Gasteiger partial charge in [0, 0.05) is 5.75 Å². The van der Waals surface area contributed by atoms with Crippen LogP contribution in [0.4, 0.5) is 4.79 Å². The van der Waals surface area contributed by atoms with E-state index < -0.39 is 16.2 Å². The minimum Gasteiger partial charge on any atom is -0.463 e. The smallest absolute Gasteiger partial charge is 0.437 e. The molecule has 0 atom stereocenters. The van der Waals surface area contributed by atoms with Crippen LogP contribution in [0.1, 0.15) is 5.56 Å². The van der Waals surface area contributed by atoms with E-state index in [-0.39, 0.29) is 16.1 Å². The van der Waals surface area contributed by atoms with Crippen molar-refractivity contribution in [2.24, 2.45) is 4.36 Å². The summed E-state index contributed by atoms with van der Waals surface area (Å²) in [5.41, 5.74) is 0.605. The van der Waals surface area contributed by atoms with E-state index in [1.807, 2.05) is 0 Å². The second-order valence-corrected chi connectivity index (χ2v) is 6.72. The van der Waals surface area contributed by atoms with Crippen LogP contribution >= 0.6 is 23.2 Å². The highest BCUT2D eigenvalue weighted by molar-refractivity contribution is 7.98.